The lowest BCUT2D eigenvalue weighted by molar-refractivity contribution is -0.145. The van der Waals surface area contributed by atoms with Crippen LogP contribution in [0.3, 0.4) is 0 Å². The van der Waals surface area contributed by atoms with Gasteiger partial charge in [-0.3, -0.25) is 14.4 Å². The van der Waals surface area contributed by atoms with Crippen molar-refractivity contribution in [2.45, 2.75) is 100 Å². The molecule has 2 saturated heterocycles. The molecule has 1 spiro atoms. The first-order chi connectivity index (χ1) is 19.2. The number of nitrogens with zero attached hydrogens (tertiary/aromatic N) is 1. The van der Waals surface area contributed by atoms with Gasteiger partial charge in [-0.25, -0.2) is 0 Å². The van der Waals surface area contributed by atoms with E-state index in [1.54, 1.807) is 11.8 Å². The smallest absolute Gasteiger partial charge is 0.246 e. The lowest BCUT2D eigenvalue weighted by atomic mass is 9.73. The molecule has 216 valence electrons. The number of anilines is 1. The highest BCUT2D eigenvalue weighted by Crippen LogP contribution is 2.56. The number of carbonyl (C=O) groups excluding carboxylic acids is 3. The van der Waals surface area contributed by atoms with E-state index in [1.807, 2.05) is 47.6 Å². The average molecular weight is 566 g/mol. The van der Waals surface area contributed by atoms with Gasteiger partial charge < -0.3 is 20.3 Å². The third-order valence-corrected chi connectivity index (χ3v) is 11.3. The number of fused-ring (bicyclic) bond motifs is 1. The molecule has 0 radical (unpaired) electrons. The molecule has 4 fully saturated rings. The Morgan fingerprint density at radius 3 is 2.58 bits per heavy atom. The van der Waals surface area contributed by atoms with Gasteiger partial charge in [0.15, 0.2) is 0 Å². The number of rotatable bonds is 6. The highest BCUT2D eigenvalue weighted by atomic mass is 32.2. The Morgan fingerprint density at radius 1 is 1.05 bits per heavy atom. The molecule has 5 aliphatic rings. The summed E-state index contributed by atoms with van der Waals surface area (Å²) in [7, 11) is 0. The molecule has 2 N–H and O–H groups in total. The SMILES string of the molecule is CSc1cccc(NC(=O)[C@@H]2[C@@H]3C=C[C@]4(O3)[C@@H]2C(=O)N(C2CCC(C)CC2)[C@H]4C(=O)N[C@@H]2CCC[C@@H](C)[C@@H]2C)c1. The van der Waals surface area contributed by atoms with E-state index in [9.17, 15) is 14.4 Å². The van der Waals surface area contributed by atoms with Gasteiger partial charge >= 0.3 is 0 Å². The largest absolute Gasteiger partial charge is 0.359 e. The summed E-state index contributed by atoms with van der Waals surface area (Å²) >= 11 is 1.61. The molecule has 1 aromatic rings. The minimum atomic E-state index is -1.11. The van der Waals surface area contributed by atoms with Crippen LogP contribution in [0.1, 0.15) is 65.7 Å². The molecular formula is C32H43N3O4S. The average Bonchev–Trinajstić information content (AvgIpc) is 3.59. The van der Waals surface area contributed by atoms with Gasteiger partial charge in [-0.15, -0.1) is 11.8 Å². The van der Waals surface area contributed by atoms with Crippen molar-refractivity contribution in [3.8, 4) is 0 Å². The number of ether oxygens (including phenoxy) is 1. The van der Waals surface area contributed by atoms with Gasteiger partial charge in [-0.05, 0) is 74.3 Å². The topological polar surface area (TPSA) is 87.7 Å². The highest BCUT2D eigenvalue weighted by molar-refractivity contribution is 7.98. The van der Waals surface area contributed by atoms with E-state index in [2.05, 4.69) is 31.4 Å². The first-order valence-corrected chi connectivity index (χ1v) is 16.4. The van der Waals surface area contributed by atoms with Crippen LogP contribution in [0.25, 0.3) is 0 Å². The minimum Gasteiger partial charge on any atom is -0.359 e. The van der Waals surface area contributed by atoms with Crippen molar-refractivity contribution in [2.24, 2.45) is 29.6 Å². The van der Waals surface area contributed by atoms with E-state index in [-0.39, 0.29) is 29.8 Å². The number of hydrogen-bond donors (Lipinski definition) is 2. The summed E-state index contributed by atoms with van der Waals surface area (Å²) in [6.07, 6.45) is 12.4. The molecule has 1 aromatic carbocycles. The van der Waals surface area contributed by atoms with Crippen LogP contribution in [-0.4, -0.2) is 58.7 Å². The zero-order chi connectivity index (χ0) is 28.2. The summed E-state index contributed by atoms with van der Waals surface area (Å²) in [6.45, 7) is 6.74. The second-order valence-corrected chi connectivity index (χ2v) is 13.8. The normalized spacial score (nSPS) is 40.2. The zero-order valence-electron chi connectivity index (χ0n) is 24.1. The zero-order valence-corrected chi connectivity index (χ0v) is 24.9. The fourth-order valence-electron chi connectivity index (χ4n) is 8.09. The standard InChI is InChI=1S/C32H43N3O4S/c1-18-11-13-22(14-12-18)35-28(30(37)34-24-10-5-7-19(2)20(24)3)32-16-15-25(39-32)26(27(32)31(35)38)29(36)33-21-8-6-9-23(17-21)40-4/h6,8-9,15-20,22,24-28H,5,7,10-14H2,1-4H3,(H,33,36)(H,34,37)/t18?,19-,20+,22?,24-,25+,26-,27+,28+,32+/m1/s1. The predicted molar refractivity (Wildman–Crippen MR) is 157 cm³/mol. The molecule has 8 atom stereocenters. The molecule has 0 unspecified atom stereocenters. The first kappa shape index (κ1) is 27.8. The molecule has 2 saturated carbocycles. The van der Waals surface area contributed by atoms with Crippen molar-refractivity contribution in [3.05, 3.63) is 36.4 Å². The van der Waals surface area contributed by atoms with Gasteiger partial charge in [-0.2, -0.15) is 0 Å². The van der Waals surface area contributed by atoms with Gasteiger partial charge in [-0.1, -0.05) is 51.8 Å². The maximum Gasteiger partial charge on any atom is 0.246 e. The maximum atomic E-state index is 14.4. The van der Waals surface area contributed by atoms with Crippen LogP contribution < -0.4 is 10.6 Å². The van der Waals surface area contributed by atoms with Crippen molar-refractivity contribution >= 4 is 35.2 Å². The Kier molecular flexibility index (Phi) is 7.53. The van der Waals surface area contributed by atoms with E-state index in [0.717, 1.165) is 43.4 Å². The summed E-state index contributed by atoms with van der Waals surface area (Å²) in [4.78, 5) is 45.3. The second kappa shape index (κ2) is 10.8. The summed E-state index contributed by atoms with van der Waals surface area (Å²) in [5.74, 6) is -0.293. The third-order valence-electron chi connectivity index (χ3n) is 10.6. The summed E-state index contributed by atoms with van der Waals surface area (Å²) in [5.41, 5.74) is -0.405. The van der Waals surface area contributed by atoms with E-state index in [1.165, 1.54) is 6.42 Å². The fraction of sp³-hybridized carbons (Fsp3) is 0.656. The van der Waals surface area contributed by atoms with Crippen LogP contribution in [0.4, 0.5) is 5.69 Å². The molecule has 3 heterocycles. The van der Waals surface area contributed by atoms with Crippen LogP contribution in [0.2, 0.25) is 0 Å². The molecule has 40 heavy (non-hydrogen) atoms. The summed E-state index contributed by atoms with van der Waals surface area (Å²) in [6, 6.07) is 7.04. The quantitative estimate of drug-likeness (QED) is 0.374. The number of amides is 3. The molecule has 2 bridgehead atoms. The van der Waals surface area contributed by atoms with Crippen LogP contribution in [-0.2, 0) is 19.1 Å². The molecule has 8 heteroatoms. The Hall–Kier alpha value is -2.32. The molecule has 2 aliphatic carbocycles. The molecule has 3 amide bonds. The van der Waals surface area contributed by atoms with Gasteiger partial charge in [0.1, 0.15) is 11.6 Å². The van der Waals surface area contributed by atoms with E-state index < -0.39 is 29.6 Å². The molecule has 7 nitrogen and oxygen atoms in total. The summed E-state index contributed by atoms with van der Waals surface area (Å²) in [5, 5.41) is 6.43. The summed E-state index contributed by atoms with van der Waals surface area (Å²) < 4.78 is 6.58. The number of thioether (sulfide) groups is 1. The Labute approximate surface area is 242 Å². The fourth-order valence-corrected chi connectivity index (χ4v) is 8.55. The van der Waals surface area contributed by atoms with Crippen LogP contribution in [0.5, 0.6) is 0 Å². The number of benzene rings is 1. The Morgan fingerprint density at radius 2 is 1.82 bits per heavy atom. The molecule has 0 aromatic heterocycles. The Bertz CT molecular complexity index is 1200. The van der Waals surface area contributed by atoms with Crippen molar-refractivity contribution in [2.75, 3.05) is 11.6 Å². The van der Waals surface area contributed by atoms with Crippen LogP contribution in [0, 0.1) is 29.6 Å². The predicted octanol–water partition coefficient (Wildman–Crippen LogP) is 5.02. The van der Waals surface area contributed by atoms with E-state index >= 15 is 0 Å². The monoisotopic (exact) mass is 565 g/mol. The van der Waals surface area contributed by atoms with Crippen LogP contribution in [0.15, 0.2) is 41.3 Å². The molecule has 6 rings (SSSR count). The van der Waals surface area contributed by atoms with Gasteiger partial charge in [0.05, 0.1) is 17.9 Å². The van der Waals surface area contributed by atoms with Crippen LogP contribution >= 0.6 is 11.8 Å². The molecule has 3 aliphatic heterocycles. The second-order valence-electron chi connectivity index (χ2n) is 13.0. The van der Waals surface area contributed by atoms with Crippen molar-refractivity contribution in [1.82, 2.24) is 10.2 Å². The Balaban J connectivity index is 1.31. The lowest BCUT2D eigenvalue weighted by Gasteiger charge is -2.41. The van der Waals surface area contributed by atoms with Crippen molar-refractivity contribution < 1.29 is 19.1 Å². The van der Waals surface area contributed by atoms with Crippen molar-refractivity contribution in [1.29, 1.82) is 0 Å². The lowest BCUT2D eigenvalue weighted by Crippen LogP contribution is -2.59. The molecular weight excluding hydrogens is 522 g/mol. The number of likely N-dealkylation sites (tertiary alicyclic amines) is 1. The van der Waals surface area contributed by atoms with Gasteiger partial charge in [0.25, 0.3) is 0 Å². The number of nitrogens with one attached hydrogen (secondary N) is 2. The number of carbonyl (C=O) groups is 3. The van der Waals surface area contributed by atoms with Crippen molar-refractivity contribution in [3.63, 3.8) is 0 Å². The first-order valence-electron chi connectivity index (χ1n) is 15.2. The minimum absolute atomic E-state index is 0.0138. The third kappa shape index (κ3) is 4.59. The van der Waals surface area contributed by atoms with E-state index in [0.29, 0.717) is 23.4 Å². The number of hydrogen-bond acceptors (Lipinski definition) is 5. The highest BCUT2D eigenvalue weighted by Gasteiger charge is 2.73. The van der Waals surface area contributed by atoms with Gasteiger partial charge in [0.2, 0.25) is 17.7 Å². The van der Waals surface area contributed by atoms with Gasteiger partial charge in [0, 0.05) is 22.7 Å². The van der Waals surface area contributed by atoms with E-state index in [4.69, 9.17) is 4.74 Å². The maximum absolute atomic E-state index is 14.4.